The Morgan fingerprint density at radius 3 is 2.78 bits per heavy atom. The van der Waals surface area contributed by atoms with E-state index in [2.05, 4.69) is 32.0 Å². The molecule has 118 valence electrons. The van der Waals surface area contributed by atoms with E-state index >= 15 is 0 Å². The molecule has 2 aromatic carbocycles. The lowest BCUT2D eigenvalue weighted by Crippen LogP contribution is -2.39. The number of benzene rings is 2. The normalized spacial score (nSPS) is 22.3. The molecule has 3 heteroatoms. The average Bonchev–Trinajstić information content (AvgIpc) is 3.37. The monoisotopic (exact) mass is 307 g/mol. The molecule has 1 heterocycles. The zero-order chi connectivity index (χ0) is 16.0. The van der Waals surface area contributed by atoms with E-state index in [0.717, 1.165) is 17.9 Å². The Kier molecular flexibility index (Phi) is 3.37. The van der Waals surface area contributed by atoms with Gasteiger partial charge in [-0.1, -0.05) is 30.3 Å². The van der Waals surface area contributed by atoms with E-state index in [1.54, 1.807) is 0 Å². The molecular weight excluding hydrogens is 286 g/mol. The third kappa shape index (κ3) is 2.50. The Hall–Kier alpha value is -2.29. The summed E-state index contributed by atoms with van der Waals surface area (Å²) in [6.45, 7) is 5.48. The molecule has 2 aliphatic rings. The molecule has 4 rings (SSSR count). The number of amides is 1. The van der Waals surface area contributed by atoms with Gasteiger partial charge >= 0.3 is 0 Å². The Balaban J connectivity index is 1.54. The lowest BCUT2D eigenvalue weighted by atomic mass is 10.0. The molecule has 1 fully saturated rings. The highest BCUT2D eigenvalue weighted by molar-refractivity contribution is 5.99. The van der Waals surface area contributed by atoms with Gasteiger partial charge in [-0.25, -0.2) is 0 Å². The summed E-state index contributed by atoms with van der Waals surface area (Å²) in [4.78, 5) is 14.8. The lowest BCUT2D eigenvalue weighted by Gasteiger charge is -2.29. The van der Waals surface area contributed by atoms with Gasteiger partial charge in [0, 0.05) is 5.92 Å². The zero-order valence-corrected chi connectivity index (χ0v) is 13.6. The predicted octanol–water partition coefficient (Wildman–Crippen LogP) is 3.83. The first-order chi connectivity index (χ1) is 11.1. The van der Waals surface area contributed by atoms with Crippen molar-refractivity contribution in [3.8, 4) is 5.75 Å². The number of carbonyl (C=O) groups is 1. The quantitative estimate of drug-likeness (QED) is 0.844. The van der Waals surface area contributed by atoms with Crippen molar-refractivity contribution in [3.05, 3.63) is 59.2 Å². The Morgan fingerprint density at radius 2 is 1.96 bits per heavy atom. The highest BCUT2D eigenvalue weighted by atomic mass is 16.5. The lowest BCUT2D eigenvalue weighted by molar-refractivity contribution is -0.120. The molecule has 0 saturated heterocycles. The van der Waals surface area contributed by atoms with Gasteiger partial charge in [-0.3, -0.25) is 4.79 Å². The van der Waals surface area contributed by atoms with Crippen LogP contribution in [0.15, 0.2) is 42.5 Å². The Bertz CT molecular complexity index is 768. The Morgan fingerprint density at radius 1 is 1.13 bits per heavy atom. The highest BCUT2D eigenvalue weighted by Gasteiger charge is 2.46. The number of rotatable bonds is 2. The number of carbonyl (C=O) groups excluding carboxylic acids is 1. The van der Waals surface area contributed by atoms with Crippen LogP contribution in [0.2, 0.25) is 0 Å². The van der Waals surface area contributed by atoms with Gasteiger partial charge in [0.2, 0.25) is 5.91 Å². The average molecular weight is 307 g/mol. The van der Waals surface area contributed by atoms with Gasteiger partial charge in [0.15, 0.2) is 0 Å². The molecule has 3 nitrogen and oxygen atoms in total. The fourth-order valence-electron chi connectivity index (χ4n) is 3.43. The summed E-state index contributed by atoms with van der Waals surface area (Å²) in [6, 6.07) is 14.4. The van der Waals surface area contributed by atoms with Crippen molar-refractivity contribution in [2.24, 2.45) is 5.92 Å². The molecule has 0 spiro atoms. The van der Waals surface area contributed by atoms with E-state index < -0.39 is 0 Å². The van der Waals surface area contributed by atoms with Crippen LogP contribution in [0.4, 0.5) is 5.69 Å². The van der Waals surface area contributed by atoms with Gasteiger partial charge in [0.05, 0.1) is 12.2 Å². The van der Waals surface area contributed by atoms with Crippen molar-refractivity contribution in [1.82, 2.24) is 0 Å². The minimum absolute atomic E-state index is 0.114. The second-order valence-corrected chi connectivity index (χ2v) is 6.60. The SMILES string of the molecule is Cc1ccc(C2CC2C(=O)N2CCOc3ccccc32)cc1C. The molecule has 2 unspecified atom stereocenters. The number of para-hydroxylation sites is 2. The second kappa shape index (κ2) is 5.41. The first kappa shape index (κ1) is 14.3. The van der Waals surface area contributed by atoms with E-state index in [9.17, 15) is 4.79 Å². The van der Waals surface area contributed by atoms with Crippen LogP contribution in [0.3, 0.4) is 0 Å². The maximum Gasteiger partial charge on any atom is 0.230 e. The van der Waals surface area contributed by atoms with E-state index in [4.69, 9.17) is 4.74 Å². The molecule has 0 bridgehead atoms. The molecule has 1 aliphatic carbocycles. The van der Waals surface area contributed by atoms with Gasteiger partial charge in [-0.2, -0.15) is 0 Å². The molecule has 2 atom stereocenters. The van der Waals surface area contributed by atoms with E-state index in [-0.39, 0.29) is 11.8 Å². The van der Waals surface area contributed by atoms with Gasteiger partial charge in [0.25, 0.3) is 0 Å². The van der Waals surface area contributed by atoms with Crippen molar-refractivity contribution in [3.63, 3.8) is 0 Å². The number of aryl methyl sites for hydroxylation is 2. The first-order valence-corrected chi connectivity index (χ1v) is 8.25. The van der Waals surface area contributed by atoms with E-state index in [0.29, 0.717) is 19.1 Å². The standard InChI is InChI=1S/C20H21NO2/c1-13-7-8-15(11-14(13)2)16-12-17(16)20(22)21-9-10-23-19-6-4-3-5-18(19)21/h3-8,11,16-17H,9-10,12H2,1-2H3. The van der Waals surface area contributed by atoms with Crippen LogP contribution in [0.5, 0.6) is 5.75 Å². The number of hydrogen-bond donors (Lipinski definition) is 0. The fraction of sp³-hybridized carbons (Fsp3) is 0.350. The molecule has 2 aromatic rings. The Labute approximate surface area is 136 Å². The first-order valence-electron chi connectivity index (χ1n) is 8.25. The number of fused-ring (bicyclic) bond motifs is 1. The van der Waals surface area contributed by atoms with Crippen LogP contribution < -0.4 is 9.64 Å². The van der Waals surface area contributed by atoms with E-state index in [1.165, 1.54) is 16.7 Å². The largest absolute Gasteiger partial charge is 0.490 e. The van der Waals surface area contributed by atoms with Gasteiger partial charge in [0.1, 0.15) is 12.4 Å². The van der Waals surface area contributed by atoms with Crippen LogP contribution >= 0.6 is 0 Å². The molecular formula is C20H21NO2. The van der Waals surface area contributed by atoms with Crippen molar-refractivity contribution >= 4 is 11.6 Å². The summed E-state index contributed by atoms with van der Waals surface area (Å²) in [5.74, 6) is 1.54. The number of anilines is 1. The summed E-state index contributed by atoms with van der Waals surface area (Å²) in [5.41, 5.74) is 4.82. The highest BCUT2D eigenvalue weighted by Crippen LogP contribution is 2.49. The van der Waals surface area contributed by atoms with Crippen molar-refractivity contribution < 1.29 is 9.53 Å². The van der Waals surface area contributed by atoms with Crippen molar-refractivity contribution in [2.45, 2.75) is 26.2 Å². The summed E-state index contributed by atoms with van der Waals surface area (Å²) in [7, 11) is 0. The van der Waals surface area contributed by atoms with Crippen LogP contribution in [0.1, 0.15) is 29.0 Å². The molecule has 0 aromatic heterocycles. The summed E-state index contributed by atoms with van der Waals surface area (Å²) in [6.07, 6.45) is 0.959. The van der Waals surface area contributed by atoms with Gasteiger partial charge in [-0.15, -0.1) is 0 Å². The fourth-order valence-corrected chi connectivity index (χ4v) is 3.43. The van der Waals surface area contributed by atoms with Crippen molar-refractivity contribution in [1.29, 1.82) is 0 Å². The van der Waals surface area contributed by atoms with Crippen LogP contribution in [0.25, 0.3) is 0 Å². The third-order valence-corrected chi connectivity index (χ3v) is 5.06. The van der Waals surface area contributed by atoms with Crippen LogP contribution in [0, 0.1) is 19.8 Å². The maximum absolute atomic E-state index is 12.9. The zero-order valence-electron chi connectivity index (χ0n) is 13.6. The molecule has 1 aliphatic heterocycles. The topological polar surface area (TPSA) is 29.5 Å². The predicted molar refractivity (Wildman–Crippen MR) is 91.1 cm³/mol. The van der Waals surface area contributed by atoms with Gasteiger partial charge in [-0.05, 0) is 55.0 Å². The molecule has 1 saturated carbocycles. The molecule has 1 amide bonds. The maximum atomic E-state index is 12.9. The molecule has 0 radical (unpaired) electrons. The van der Waals surface area contributed by atoms with Crippen LogP contribution in [-0.2, 0) is 4.79 Å². The second-order valence-electron chi connectivity index (χ2n) is 6.60. The number of ether oxygens (including phenoxy) is 1. The van der Waals surface area contributed by atoms with Crippen LogP contribution in [-0.4, -0.2) is 19.1 Å². The third-order valence-electron chi connectivity index (χ3n) is 5.06. The van der Waals surface area contributed by atoms with Crippen molar-refractivity contribution in [2.75, 3.05) is 18.1 Å². The molecule has 0 N–H and O–H groups in total. The minimum Gasteiger partial charge on any atom is -0.490 e. The minimum atomic E-state index is 0.114. The number of nitrogens with zero attached hydrogens (tertiary/aromatic N) is 1. The summed E-state index contributed by atoms with van der Waals surface area (Å²) in [5, 5.41) is 0. The summed E-state index contributed by atoms with van der Waals surface area (Å²) < 4.78 is 5.65. The smallest absolute Gasteiger partial charge is 0.230 e. The van der Waals surface area contributed by atoms with Gasteiger partial charge < -0.3 is 9.64 Å². The summed E-state index contributed by atoms with van der Waals surface area (Å²) >= 11 is 0. The van der Waals surface area contributed by atoms with E-state index in [1.807, 2.05) is 29.2 Å². The number of hydrogen-bond acceptors (Lipinski definition) is 2. The molecule has 23 heavy (non-hydrogen) atoms.